The molecule has 1 aliphatic rings. The minimum Gasteiger partial charge on any atom is -0.294 e. The molecule has 2 heterocycles. The number of fused-ring (bicyclic) bond motifs is 1. The maximum Gasteiger partial charge on any atom is 0.170 e. The van der Waals surface area contributed by atoms with Gasteiger partial charge in [-0.1, -0.05) is 13.8 Å². The van der Waals surface area contributed by atoms with Crippen LogP contribution in [0.1, 0.15) is 41.9 Å². The van der Waals surface area contributed by atoms with Gasteiger partial charge in [0.2, 0.25) is 0 Å². The molecule has 0 amide bonds. The monoisotopic (exact) mass is 377 g/mol. The Morgan fingerprint density at radius 2 is 2.07 bits per heavy atom. The van der Waals surface area contributed by atoms with Crippen LogP contribution in [0.25, 0.3) is 21.1 Å². The molecule has 0 radical (unpaired) electrons. The molecule has 4 rings (SSSR count). The van der Waals surface area contributed by atoms with E-state index < -0.39 is 5.82 Å². The lowest BCUT2D eigenvalue weighted by Crippen LogP contribution is -2.31. The van der Waals surface area contributed by atoms with E-state index in [9.17, 15) is 9.18 Å². The number of benzene rings is 1. The average Bonchev–Trinajstić information content (AvgIpc) is 3.14. The van der Waals surface area contributed by atoms with E-state index in [4.69, 9.17) is 5.26 Å². The third kappa shape index (κ3) is 3.15. The number of hydrogen-bond donors (Lipinski definition) is 0. The van der Waals surface area contributed by atoms with Gasteiger partial charge in [-0.2, -0.15) is 5.26 Å². The van der Waals surface area contributed by atoms with Crippen LogP contribution in [0.15, 0.2) is 36.5 Å². The van der Waals surface area contributed by atoms with E-state index in [0.29, 0.717) is 21.8 Å². The lowest BCUT2D eigenvalue weighted by molar-refractivity contribution is 0.0809. The van der Waals surface area contributed by atoms with Crippen molar-refractivity contribution in [1.29, 1.82) is 5.26 Å². The highest BCUT2D eigenvalue weighted by Crippen LogP contribution is 2.36. The van der Waals surface area contributed by atoms with Crippen molar-refractivity contribution in [2.75, 3.05) is 0 Å². The molecule has 0 spiro atoms. The van der Waals surface area contributed by atoms with Gasteiger partial charge in [0, 0.05) is 17.2 Å². The molecule has 0 atom stereocenters. The standard InChI is InChI=1S/C21H16FN3OS/c1-21(2)6-5-16-15(19(21)26)3-4-17(25-16)20-24-11-18(27-20)13-7-12(10-23)8-14(22)9-13/h3-4,7-9,11H,5-6H2,1-2H3. The maximum atomic E-state index is 13.7. The fourth-order valence-electron chi connectivity index (χ4n) is 3.25. The molecule has 0 fully saturated rings. The first-order valence-corrected chi connectivity index (χ1v) is 9.41. The molecule has 0 saturated carbocycles. The summed E-state index contributed by atoms with van der Waals surface area (Å²) >= 11 is 1.38. The van der Waals surface area contributed by atoms with Crippen molar-refractivity contribution in [3.05, 3.63) is 59.2 Å². The molecule has 0 unspecified atom stereocenters. The van der Waals surface area contributed by atoms with E-state index in [0.717, 1.165) is 23.4 Å². The largest absolute Gasteiger partial charge is 0.294 e. The van der Waals surface area contributed by atoms with Crippen LogP contribution in [0.3, 0.4) is 0 Å². The minimum absolute atomic E-state index is 0.131. The SMILES string of the molecule is CC1(C)CCc2nc(-c3ncc(-c4cc(F)cc(C#N)c4)s3)ccc2C1=O. The first-order chi connectivity index (χ1) is 12.9. The van der Waals surface area contributed by atoms with Crippen LogP contribution in [0, 0.1) is 22.6 Å². The van der Waals surface area contributed by atoms with Crippen LogP contribution in [-0.4, -0.2) is 15.8 Å². The Balaban J connectivity index is 1.70. The number of carbonyl (C=O) groups excluding carboxylic acids is 1. The van der Waals surface area contributed by atoms with E-state index in [1.807, 2.05) is 32.0 Å². The van der Waals surface area contributed by atoms with Crippen LogP contribution in [0.2, 0.25) is 0 Å². The summed E-state index contributed by atoms with van der Waals surface area (Å²) < 4.78 is 13.7. The van der Waals surface area contributed by atoms with Gasteiger partial charge in [-0.3, -0.25) is 4.79 Å². The summed E-state index contributed by atoms with van der Waals surface area (Å²) in [6.07, 6.45) is 3.19. The highest BCUT2D eigenvalue weighted by atomic mass is 32.1. The van der Waals surface area contributed by atoms with Crippen molar-refractivity contribution < 1.29 is 9.18 Å². The van der Waals surface area contributed by atoms with Crippen LogP contribution in [0.5, 0.6) is 0 Å². The highest BCUT2D eigenvalue weighted by Gasteiger charge is 2.35. The molecule has 2 aromatic heterocycles. The predicted octanol–water partition coefficient (Wildman–Crippen LogP) is 5.04. The molecule has 1 aromatic carbocycles. The first kappa shape index (κ1) is 17.5. The second kappa shape index (κ2) is 6.36. The average molecular weight is 377 g/mol. The van der Waals surface area contributed by atoms with Crippen molar-refractivity contribution in [2.24, 2.45) is 5.41 Å². The lowest BCUT2D eigenvalue weighted by Gasteiger charge is -2.28. The number of Topliss-reactive ketones (excluding diaryl/α,β-unsaturated/α-hetero) is 1. The number of thiazole rings is 1. The Hall–Kier alpha value is -2.91. The molecule has 0 N–H and O–H groups in total. The zero-order valence-corrected chi connectivity index (χ0v) is 15.7. The number of nitriles is 1. The van der Waals surface area contributed by atoms with E-state index in [1.165, 1.54) is 23.5 Å². The van der Waals surface area contributed by atoms with E-state index >= 15 is 0 Å². The van der Waals surface area contributed by atoms with E-state index in [2.05, 4.69) is 9.97 Å². The summed E-state index contributed by atoms with van der Waals surface area (Å²) in [5, 5.41) is 9.72. The molecule has 6 heteroatoms. The number of rotatable bonds is 2. The van der Waals surface area contributed by atoms with Crippen molar-refractivity contribution >= 4 is 17.1 Å². The van der Waals surface area contributed by atoms with Crippen LogP contribution < -0.4 is 0 Å². The van der Waals surface area contributed by atoms with Crippen LogP contribution in [-0.2, 0) is 6.42 Å². The topological polar surface area (TPSA) is 66.6 Å². The molecular formula is C21H16FN3OS. The second-order valence-electron chi connectivity index (χ2n) is 7.27. The number of carbonyl (C=O) groups is 1. The smallest absolute Gasteiger partial charge is 0.170 e. The molecule has 27 heavy (non-hydrogen) atoms. The van der Waals surface area contributed by atoms with E-state index in [1.54, 1.807) is 12.3 Å². The number of ketones is 1. The van der Waals surface area contributed by atoms with Gasteiger partial charge in [0.25, 0.3) is 0 Å². The van der Waals surface area contributed by atoms with Gasteiger partial charge < -0.3 is 0 Å². The zero-order valence-electron chi connectivity index (χ0n) is 14.9. The number of aromatic nitrogens is 2. The van der Waals surface area contributed by atoms with Gasteiger partial charge in [0.05, 0.1) is 27.9 Å². The highest BCUT2D eigenvalue weighted by molar-refractivity contribution is 7.18. The minimum atomic E-state index is -0.452. The Labute approximate surface area is 160 Å². The van der Waals surface area contributed by atoms with Gasteiger partial charge in [-0.15, -0.1) is 11.3 Å². The van der Waals surface area contributed by atoms with Gasteiger partial charge in [0.1, 0.15) is 10.8 Å². The second-order valence-corrected chi connectivity index (χ2v) is 8.30. The maximum absolute atomic E-state index is 13.7. The van der Waals surface area contributed by atoms with Crippen molar-refractivity contribution in [3.63, 3.8) is 0 Å². The molecule has 1 aliphatic carbocycles. The number of halogens is 1. The summed E-state index contributed by atoms with van der Waals surface area (Å²) in [5.41, 5.74) is 2.75. The predicted molar refractivity (Wildman–Crippen MR) is 102 cm³/mol. The number of hydrogen-bond acceptors (Lipinski definition) is 5. The van der Waals surface area contributed by atoms with Crippen LogP contribution in [0.4, 0.5) is 4.39 Å². The summed E-state index contributed by atoms with van der Waals surface area (Å²) in [7, 11) is 0. The van der Waals surface area contributed by atoms with Crippen molar-refractivity contribution in [3.8, 4) is 27.2 Å². The first-order valence-electron chi connectivity index (χ1n) is 8.59. The summed E-state index contributed by atoms with van der Waals surface area (Å²) in [5.74, 6) is -0.321. The fraction of sp³-hybridized carbons (Fsp3) is 0.238. The molecule has 0 saturated heterocycles. The third-order valence-electron chi connectivity index (χ3n) is 4.86. The Kier molecular flexibility index (Phi) is 4.12. The molecule has 134 valence electrons. The van der Waals surface area contributed by atoms with Crippen molar-refractivity contribution in [2.45, 2.75) is 26.7 Å². The quantitative estimate of drug-likeness (QED) is 0.628. The van der Waals surface area contributed by atoms with Crippen LogP contribution >= 0.6 is 11.3 Å². The zero-order chi connectivity index (χ0) is 19.2. The van der Waals surface area contributed by atoms with Gasteiger partial charge in [0.15, 0.2) is 5.78 Å². The summed E-state index contributed by atoms with van der Waals surface area (Å²) in [6, 6.07) is 9.84. The van der Waals surface area contributed by atoms with E-state index in [-0.39, 0.29) is 16.8 Å². The fourth-order valence-corrected chi connectivity index (χ4v) is 4.12. The lowest BCUT2D eigenvalue weighted by atomic mass is 9.75. The molecule has 0 bridgehead atoms. The van der Waals surface area contributed by atoms with Gasteiger partial charge in [-0.05, 0) is 48.7 Å². The molecular weight excluding hydrogens is 361 g/mol. The Morgan fingerprint density at radius 3 is 2.85 bits per heavy atom. The molecule has 4 nitrogen and oxygen atoms in total. The van der Waals surface area contributed by atoms with Gasteiger partial charge >= 0.3 is 0 Å². The third-order valence-corrected chi connectivity index (χ3v) is 5.93. The summed E-state index contributed by atoms with van der Waals surface area (Å²) in [4.78, 5) is 22.4. The molecule has 3 aromatic rings. The van der Waals surface area contributed by atoms with Crippen molar-refractivity contribution in [1.82, 2.24) is 9.97 Å². The number of aryl methyl sites for hydroxylation is 1. The van der Waals surface area contributed by atoms with Gasteiger partial charge in [-0.25, -0.2) is 14.4 Å². The number of nitrogens with zero attached hydrogens (tertiary/aromatic N) is 3. The summed E-state index contributed by atoms with van der Waals surface area (Å²) in [6.45, 7) is 3.93. The Morgan fingerprint density at radius 1 is 1.26 bits per heavy atom. The molecule has 0 aliphatic heterocycles. The Bertz CT molecular complexity index is 1110. The normalized spacial score (nSPS) is 15.3. The number of pyridine rings is 1.